The lowest BCUT2D eigenvalue weighted by molar-refractivity contribution is -0.115. The highest BCUT2D eigenvalue weighted by molar-refractivity contribution is 8.09. The van der Waals surface area contributed by atoms with E-state index in [1.54, 1.807) is 12.3 Å². The van der Waals surface area contributed by atoms with Gasteiger partial charge in [-0.3, -0.25) is 4.79 Å². The Balaban J connectivity index is 1.40. The van der Waals surface area contributed by atoms with Crippen LogP contribution < -0.4 is 11.1 Å². The number of nitrogen functional groups attached to an aromatic ring is 1. The summed E-state index contributed by atoms with van der Waals surface area (Å²) in [5, 5.41) is 5.26. The molecule has 4 rings (SSSR count). The second-order valence-electron chi connectivity index (χ2n) is 5.60. The van der Waals surface area contributed by atoms with E-state index >= 15 is 0 Å². The van der Waals surface area contributed by atoms with Gasteiger partial charge in [0.15, 0.2) is 5.13 Å². The number of anilines is 2. The zero-order valence-electron chi connectivity index (χ0n) is 13.6. The fourth-order valence-electron chi connectivity index (χ4n) is 2.56. The van der Waals surface area contributed by atoms with E-state index in [1.807, 2.05) is 41.8 Å². The molecule has 0 aliphatic carbocycles. The molecule has 3 N–H and O–H groups in total. The van der Waals surface area contributed by atoms with Crippen molar-refractivity contribution in [2.24, 2.45) is 0 Å². The number of aromatic nitrogens is 3. The molecule has 130 valence electrons. The Morgan fingerprint density at radius 3 is 2.81 bits per heavy atom. The molecule has 1 atom stereocenters. The van der Waals surface area contributed by atoms with Crippen molar-refractivity contribution >= 4 is 45.0 Å². The van der Waals surface area contributed by atoms with Crippen molar-refractivity contribution in [3.63, 3.8) is 0 Å². The summed E-state index contributed by atoms with van der Waals surface area (Å²) < 4.78 is 0. The Morgan fingerprint density at radius 1 is 1.15 bits per heavy atom. The second kappa shape index (κ2) is 7.27. The smallest absolute Gasteiger partial charge is 0.239 e. The van der Waals surface area contributed by atoms with Crippen LogP contribution in [0.1, 0.15) is 12.1 Å². The molecule has 0 fully saturated rings. The van der Waals surface area contributed by atoms with Gasteiger partial charge >= 0.3 is 0 Å². The molecule has 0 saturated carbocycles. The van der Waals surface area contributed by atoms with Crippen molar-refractivity contribution in [2.45, 2.75) is 11.7 Å². The van der Waals surface area contributed by atoms with Crippen LogP contribution in [0.4, 0.5) is 11.1 Å². The van der Waals surface area contributed by atoms with Gasteiger partial charge in [-0.15, -0.1) is 23.1 Å². The van der Waals surface area contributed by atoms with E-state index in [9.17, 15) is 4.79 Å². The van der Waals surface area contributed by atoms with Crippen molar-refractivity contribution in [1.29, 1.82) is 0 Å². The maximum atomic E-state index is 12.5. The quantitative estimate of drug-likeness (QED) is 0.716. The van der Waals surface area contributed by atoms with Crippen LogP contribution in [0.25, 0.3) is 16.2 Å². The minimum Gasteiger partial charge on any atom is -0.368 e. The van der Waals surface area contributed by atoms with Gasteiger partial charge in [0.05, 0.1) is 16.6 Å². The molecule has 1 unspecified atom stereocenters. The zero-order chi connectivity index (χ0) is 17.9. The third-order valence-electron chi connectivity index (χ3n) is 3.81. The van der Waals surface area contributed by atoms with Crippen LogP contribution in [-0.2, 0) is 4.79 Å². The first-order valence-electron chi connectivity index (χ1n) is 7.96. The van der Waals surface area contributed by atoms with Gasteiger partial charge in [-0.1, -0.05) is 36.4 Å². The summed E-state index contributed by atoms with van der Waals surface area (Å²) in [4.78, 5) is 26.1. The van der Waals surface area contributed by atoms with E-state index in [4.69, 9.17) is 5.73 Å². The largest absolute Gasteiger partial charge is 0.368 e. The molecule has 1 aromatic carbocycles. The van der Waals surface area contributed by atoms with Crippen molar-refractivity contribution in [3.05, 3.63) is 59.7 Å². The van der Waals surface area contributed by atoms with Crippen LogP contribution >= 0.6 is 23.1 Å². The highest BCUT2D eigenvalue weighted by Crippen LogP contribution is 2.39. The number of nitrogens with two attached hydrogens (primary N) is 1. The normalized spacial score (nSPS) is 16.3. The van der Waals surface area contributed by atoms with Crippen LogP contribution in [0.2, 0.25) is 0 Å². The molecule has 2 aromatic heterocycles. The summed E-state index contributed by atoms with van der Waals surface area (Å²) in [5.74, 6) is 0.172. The summed E-state index contributed by atoms with van der Waals surface area (Å²) in [5.41, 5.74) is 8.27. The molecule has 26 heavy (non-hydrogen) atoms. The molecule has 0 saturated heterocycles. The summed E-state index contributed by atoms with van der Waals surface area (Å²) >= 11 is 2.91. The van der Waals surface area contributed by atoms with Crippen molar-refractivity contribution < 1.29 is 4.79 Å². The van der Waals surface area contributed by atoms with Gasteiger partial charge in [0.1, 0.15) is 0 Å². The third-order valence-corrected chi connectivity index (χ3v) is 5.89. The third kappa shape index (κ3) is 3.61. The number of benzene rings is 1. The van der Waals surface area contributed by atoms with Crippen LogP contribution in [0.5, 0.6) is 0 Å². The predicted molar refractivity (Wildman–Crippen MR) is 107 cm³/mol. The summed E-state index contributed by atoms with van der Waals surface area (Å²) in [7, 11) is 0. The Hall–Kier alpha value is -2.71. The molecule has 8 heteroatoms. The van der Waals surface area contributed by atoms with E-state index in [1.165, 1.54) is 23.1 Å². The average molecular weight is 381 g/mol. The molecule has 0 spiro atoms. The van der Waals surface area contributed by atoms with Crippen LogP contribution in [0, 0.1) is 0 Å². The highest BCUT2D eigenvalue weighted by atomic mass is 32.2. The van der Waals surface area contributed by atoms with E-state index in [0.717, 1.165) is 21.9 Å². The molecule has 1 aliphatic rings. The zero-order valence-corrected chi connectivity index (χ0v) is 15.3. The van der Waals surface area contributed by atoms with Gasteiger partial charge in [0.25, 0.3) is 0 Å². The van der Waals surface area contributed by atoms with E-state index in [0.29, 0.717) is 11.6 Å². The van der Waals surface area contributed by atoms with Crippen molar-refractivity contribution in [3.8, 4) is 11.3 Å². The highest BCUT2D eigenvalue weighted by Gasteiger charge is 2.27. The fourth-order valence-corrected chi connectivity index (χ4v) is 4.37. The number of thioether (sulfide) groups is 1. The van der Waals surface area contributed by atoms with Gasteiger partial charge < -0.3 is 11.1 Å². The molecule has 3 aromatic rings. The Bertz CT molecular complexity index is 970. The average Bonchev–Trinajstić information content (AvgIpc) is 3.32. The number of amides is 1. The first-order chi connectivity index (χ1) is 12.7. The topological polar surface area (TPSA) is 93.8 Å². The molecular formula is C18H15N5OS2. The van der Waals surface area contributed by atoms with Gasteiger partial charge in [-0.25, -0.2) is 15.0 Å². The SMILES string of the molecule is Nc1nccc(C2=CCC(C(=O)Nc3nc(-c4ccccc4)cs3)S2)n1. The minimum absolute atomic E-state index is 0.0581. The standard InChI is InChI=1S/C18H15N5OS2/c19-17-20-9-8-12(21-17)14-6-7-15(26-14)16(24)23-18-22-13(10-25-18)11-4-2-1-3-5-11/h1-6,8-10,15H,7H2,(H2,19,20,21)(H,22,23,24). The van der Waals surface area contributed by atoms with E-state index < -0.39 is 0 Å². The minimum atomic E-state index is -0.203. The number of hydrogen-bond donors (Lipinski definition) is 2. The van der Waals surface area contributed by atoms with Crippen molar-refractivity contribution in [1.82, 2.24) is 15.0 Å². The molecule has 6 nitrogen and oxygen atoms in total. The predicted octanol–water partition coefficient (Wildman–Crippen LogP) is 3.67. The number of nitrogens with zero attached hydrogens (tertiary/aromatic N) is 3. The van der Waals surface area contributed by atoms with E-state index in [-0.39, 0.29) is 17.1 Å². The number of carbonyl (C=O) groups excluding carboxylic acids is 1. The maximum absolute atomic E-state index is 12.5. The number of nitrogens with one attached hydrogen (secondary N) is 1. The van der Waals surface area contributed by atoms with Crippen LogP contribution in [0.15, 0.2) is 54.1 Å². The van der Waals surface area contributed by atoms with Gasteiger partial charge in [-0.2, -0.15) is 0 Å². The number of carbonyl (C=O) groups is 1. The van der Waals surface area contributed by atoms with Gasteiger partial charge in [0, 0.05) is 22.0 Å². The number of thiazole rings is 1. The molecule has 1 amide bonds. The van der Waals surface area contributed by atoms with Crippen LogP contribution in [-0.4, -0.2) is 26.1 Å². The number of allylic oxidation sites excluding steroid dienone is 1. The Labute approximate surface area is 158 Å². The molecule has 3 heterocycles. The summed E-state index contributed by atoms with van der Waals surface area (Å²) in [6.45, 7) is 0. The van der Waals surface area contributed by atoms with Crippen LogP contribution in [0.3, 0.4) is 0 Å². The molecule has 0 bridgehead atoms. The van der Waals surface area contributed by atoms with E-state index in [2.05, 4.69) is 20.3 Å². The first-order valence-corrected chi connectivity index (χ1v) is 9.72. The lowest BCUT2D eigenvalue weighted by Gasteiger charge is -2.09. The Morgan fingerprint density at radius 2 is 2.00 bits per heavy atom. The number of rotatable bonds is 4. The first kappa shape index (κ1) is 16.7. The monoisotopic (exact) mass is 381 g/mol. The Kier molecular flexibility index (Phi) is 4.68. The van der Waals surface area contributed by atoms with Crippen molar-refractivity contribution in [2.75, 3.05) is 11.1 Å². The second-order valence-corrected chi connectivity index (χ2v) is 7.71. The molecule has 0 radical (unpaired) electrons. The number of hydrogen-bond acceptors (Lipinski definition) is 7. The van der Waals surface area contributed by atoms with Gasteiger partial charge in [-0.05, 0) is 12.5 Å². The molecule has 1 aliphatic heterocycles. The lowest BCUT2D eigenvalue weighted by atomic mass is 10.2. The lowest BCUT2D eigenvalue weighted by Crippen LogP contribution is -2.23. The fraction of sp³-hybridized carbons (Fsp3) is 0.111. The molecular weight excluding hydrogens is 366 g/mol. The maximum Gasteiger partial charge on any atom is 0.239 e. The van der Waals surface area contributed by atoms with Gasteiger partial charge in [0.2, 0.25) is 11.9 Å². The summed E-state index contributed by atoms with van der Waals surface area (Å²) in [6, 6.07) is 11.7. The summed E-state index contributed by atoms with van der Waals surface area (Å²) in [6.07, 6.45) is 4.27.